The Balaban J connectivity index is 1.67. The predicted octanol–water partition coefficient (Wildman–Crippen LogP) is 4.05. The Morgan fingerprint density at radius 1 is 1.07 bits per heavy atom. The van der Waals surface area contributed by atoms with Crippen molar-refractivity contribution in [1.82, 2.24) is 10.3 Å². The molecule has 1 aliphatic rings. The fourth-order valence-electron chi connectivity index (χ4n) is 3.35. The van der Waals surface area contributed by atoms with E-state index in [9.17, 15) is 4.79 Å². The Morgan fingerprint density at radius 3 is 2.43 bits per heavy atom. The van der Waals surface area contributed by atoms with Crippen molar-refractivity contribution >= 4 is 16.8 Å². The van der Waals surface area contributed by atoms with Crippen LogP contribution in [0.1, 0.15) is 24.0 Å². The second-order valence-corrected chi connectivity index (χ2v) is 7.30. The normalized spacial score (nSPS) is 13.4. The van der Waals surface area contributed by atoms with Crippen LogP contribution in [-0.2, 0) is 11.2 Å². The summed E-state index contributed by atoms with van der Waals surface area (Å²) in [5.74, 6) is 1.55. The van der Waals surface area contributed by atoms with Gasteiger partial charge in [-0.2, -0.15) is 0 Å². The molecular weight excluding hydrogens is 352 g/mol. The summed E-state index contributed by atoms with van der Waals surface area (Å²) in [6, 6.07) is 14.2. The summed E-state index contributed by atoms with van der Waals surface area (Å²) in [6.45, 7) is 2.07. The van der Waals surface area contributed by atoms with Gasteiger partial charge in [0.25, 0.3) is 0 Å². The maximum atomic E-state index is 12.1. The third kappa shape index (κ3) is 3.93. The van der Waals surface area contributed by atoms with E-state index in [0.717, 1.165) is 57.6 Å². The maximum Gasteiger partial charge on any atom is 0.224 e. The number of rotatable bonds is 6. The van der Waals surface area contributed by atoms with Gasteiger partial charge in [-0.1, -0.05) is 6.07 Å². The highest BCUT2D eigenvalue weighted by Crippen LogP contribution is 2.31. The molecule has 1 amide bonds. The summed E-state index contributed by atoms with van der Waals surface area (Å²) < 4.78 is 10.8. The van der Waals surface area contributed by atoms with Crippen LogP contribution in [0.5, 0.6) is 11.5 Å². The molecule has 0 radical (unpaired) electrons. The summed E-state index contributed by atoms with van der Waals surface area (Å²) in [4.78, 5) is 16.9. The van der Waals surface area contributed by atoms with Crippen LogP contribution in [0, 0.1) is 6.92 Å². The van der Waals surface area contributed by atoms with Gasteiger partial charge >= 0.3 is 0 Å². The molecule has 28 heavy (non-hydrogen) atoms. The largest absolute Gasteiger partial charge is 0.497 e. The minimum absolute atomic E-state index is 0.0903. The zero-order chi connectivity index (χ0) is 19.7. The fraction of sp³-hybridized carbons (Fsp3) is 0.304. The Bertz CT molecular complexity index is 1020. The van der Waals surface area contributed by atoms with Gasteiger partial charge in [0.05, 0.1) is 31.9 Å². The quantitative estimate of drug-likeness (QED) is 0.705. The number of carbonyl (C=O) groups excluding carboxylic acids is 1. The number of hydrogen-bond donors (Lipinski definition) is 1. The molecule has 1 aliphatic carbocycles. The number of hydrogen-bond acceptors (Lipinski definition) is 4. The molecule has 1 heterocycles. The predicted molar refractivity (Wildman–Crippen MR) is 110 cm³/mol. The number of pyridine rings is 1. The van der Waals surface area contributed by atoms with Crippen LogP contribution in [0.25, 0.3) is 22.2 Å². The highest BCUT2D eigenvalue weighted by Gasteiger charge is 2.23. The van der Waals surface area contributed by atoms with Gasteiger partial charge in [-0.3, -0.25) is 4.79 Å². The molecule has 144 valence electrons. The molecule has 0 bridgehead atoms. The van der Waals surface area contributed by atoms with Crippen molar-refractivity contribution in [3.63, 3.8) is 0 Å². The summed E-state index contributed by atoms with van der Waals surface area (Å²) in [6.07, 6.45) is 2.61. The van der Waals surface area contributed by atoms with Gasteiger partial charge in [-0.15, -0.1) is 0 Å². The van der Waals surface area contributed by atoms with Crippen LogP contribution in [0.4, 0.5) is 0 Å². The zero-order valence-electron chi connectivity index (χ0n) is 16.4. The number of carbonyl (C=O) groups is 1. The average molecular weight is 376 g/mol. The lowest BCUT2D eigenvalue weighted by atomic mass is 10.0. The third-order valence-corrected chi connectivity index (χ3v) is 5.03. The molecule has 2 aromatic carbocycles. The Morgan fingerprint density at radius 2 is 1.79 bits per heavy atom. The molecule has 0 unspecified atom stereocenters. The van der Waals surface area contributed by atoms with Gasteiger partial charge in [0.15, 0.2) is 0 Å². The van der Waals surface area contributed by atoms with Crippen molar-refractivity contribution in [3.8, 4) is 22.8 Å². The first-order valence-electron chi connectivity index (χ1n) is 9.49. The minimum atomic E-state index is 0.0903. The Hall–Kier alpha value is -3.08. The molecule has 1 fully saturated rings. The van der Waals surface area contributed by atoms with Gasteiger partial charge in [-0.25, -0.2) is 4.98 Å². The molecule has 3 aromatic rings. The number of aromatic nitrogens is 1. The van der Waals surface area contributed by atoms with Crippen LogP contribution in [0.15, 0.2) is 42.5 Å². The second kappa shape index (κ2) is 7.50. The monoisotopic (exact) mass is 376 g/mol. The number of fused-ring (bicyclic) bond motifs is 1. The lowest BCUT2D eigenvalue weighted by Crippen LogP contribution is -2.26. The molecular formula is C23H24N2O3. The molecule has 5 nitrogen and oxygen atoms in total. The third-order valence-electron chi connectivity index (χ3n) is 5.03. The first-order valence-corrected chi connectivity index (χ1v) is 9.49. The van der Waals surface area contributed by atoms with Crippen molar-refractivity contribution in [2.24, 2.45) is 0 Å². The molecule has 5 heteroatoms. The zero-order valence-corrected chi connectivity index (χ0v) is 16.4. The van der Waals surface area contributed by atoms with Gasteiger partial charge in [-0.05, 0) is 61.2 Å². The molecule has 1 aromatic heterocycles. The number of methoxy groups -OCH3 is 2. The van der Waals surface area contributed by atoms with Crippen molar-refractivity contribution in [3.05, 3.63) is 53.6 Å². The lowest BCUT2D eigenvalue weighted by Gasteiger charge is -2.11. The van der Waals surface area contributed by atoms with E-state index in [1.54, 1.807) is 14.2 Å². The van der Waals surface area contributed by atoms with Crippen LogP contribution >= 0.6 is 0 Å². The molecule has 0 aliphatic heterocycles. The topological polar surface area (TPSA) is 60.5 Å². The lowest BCUT2D eigenvalue weighted by molar-refractivity contribution is -0.120. The fourth-order valence-corrected chi connectivity index (χ4v) is 3.35. The van der Waals surface area contributed by atoms with E-state index in [4.69, 9.17) is 14.5 Å². The van der Waals surface area contributed by atoms with Crippen LogP contribution in [0.2, 0.25) is 0 Å². The molecule has 1 saturated carbocycles. The Kier molecular flexibility index (Phi) is 4.90. The number of nitrogens with one attached hydrogen (secondary N) is 1. The highest BCUT2D eigenvalue weighted by atomic mass is 16.5. The van der Waals surface area contributed by atoms with Crippen molar-refractivity contribution in [1.29, 1.82) is 0 Å². The van der Waals surface area contributed by atoms with E-state index in [1.165, 1.54) is 0 Å². The van der Waals surface area contributed by atoms with E-state index in [1.807, 2.05) is 30.3 Å². The number of benzene rings is 2. The van der Waals surface area contributed by atoms with Gasteiger partial charge < -0.3 is 14.8 Å². The summed E-state index contributed by atoms with van der Waals surface area (Å²) >= 11 is 0. The molecule has 0 spiro atoms. The molecule has 0 saturated heterocycles. The average Bonchev–Trinajstić information content (AvgIpc) is 3.51. The van der Waals surface area contributed by atoms with Crippen LogP contribution < -0.4 is 14.8 Å². The summed E-state index contributed by atoms with van der Waals surface area (Å²) in [5.41, 5.74) is 4.83. The summed E-state index contributed by atoms with van der Waals surface area (Å²) in [5, 5.41) is 4.10. The Labute approximate surface area is 164 Å². The first-order chi connectivity index (χ1) is 13.6. The smallest absolute Gasteiger partial charge is 0.224 e. The van der Waals surface area contributed by atoms with E-state index in [-0.39, 0.29) is 5.91 Å². The minimum Gasteiger partial charge on any atom is -0.497 e. The highest BCUT2D eigenvalue weighted by molar-refractivity contribution is 5.87. The number of aryl methyl sites for hydroxylation is 1. The van der Waals surface area contributed by atoms with E-state index in [2.05, 4.69) is 24.4 Å². The standard InChI is InChI=1S/C23H24N2O3/c1-14-8-22(16-11-18(27-2)13-19(12-16)28-3)25-21-7-4-15(9-20(14)21)10-23(26)24-17-5-6-17/h4,7-9,11-13,17H,5-6,10H2,1-3H3,(H,24,26). The van der Waals surface area contributed by atoms with Crippen molar-refractivity contribution in [2.45, 2.75) is 32.2 Å². The van der Waals surface area contributed by atoms with Gasteiger partial charge in [0.2, 0.25) is 5.91 Å². The first kappa shape index (κ1) is 18.3. The van der Waals surface area contributed by atoms with E-state index < -0.39 is 0 Å². The van der Waals surface area contributed by atoms with Crippen molar-refractivity contribution in [2.75, 3.05) is 14.2 Å². The summed E-state index contributed by atoms with van der Waals surface area (Å²) in [7, 11) is 3.27. The second-order valence-electron chi connectivity index (χ2n) is 7.30. The SMILES string of the molecule is COc1cc(OC)cc(-c2cc(C)c3cc(CC(=O)NC4CC4)ccc3n2)c1. The van der Waals surface area contributed by atoms with E-state index in [0.29, 0.717) is 12.5 Å². The number of ether oxygens (including phenoxy) is 2. The maximum absolute atomic E-state index is 12.1. The van der Waals surface area contributed by atoms with Crippen LogP contribution in [0.3, 0.4) is 0 Å². The molecule has 1 N–H and O–H groups in total. The number of nitrogens with zero attached hydrogens (tertiary/aromatic N) is 1. The van der Waals surface area contributed by atoms with Gasteiger partial charge in [0, 0.05) is 23.1 Å². The number of amides is 1. The van der Waals surface area contributed by atoms with Crippen LogP contribution in [-0.4, -0.2) is 31.2 Å². The van der Waals surface area contributed by atoms with Crippen molar-refractivity contribution < 1.29 is 14.3 Å². The van der Waals surface area contributed by atoms with Gasteiger partial charge in [0.1, 0.15) is 11.5 Å². The molecule has 4 rings (SSSR count). The van der Waals surface area contributed by atoms with E-state index >= 15 is 0 Å². The molecule has 0 atom stereocenters.